The van der Waals surface area contributed by atoms with Crippen molar-refractivity contribution in [1.82, 2.24) is 5.32 Å². The average Bonchev–Trinajstić information content (AvgIpc) is 2.88. The van der Waals surface area contributed by atoms with Gasteiger partial charge in [0.15, 0.2) is 6.10 Å². The van der Waals surface area contributed by atoms with Crippen LogP contribution in [-0.2, 0) is 21.2 Å². The summed E-state index contributed by atoms with van der Waals surface area (Å²) in [5, 5.41) is 5.62. The van der Waals surface area contributed by atoms with Gasteiger partial charge in [0.2, 0.25) is 10.0 Å². The van der Waals surface area contributed by atoms with Gasteiger partial charge in [-0.1, -0.05) is 54.6 Å². The SMILES string of the molecule is CCS(=O)(=O)N1C[C@H](C(=O)Nc2ccccc2C(=O)NCCc2ccccc2)Oc2ccccc21. The molecule has 0 radical (unpaired) electrons. The standard InChI is InChI=1S/C26H27N3O5S/c1-2-35(32,33)29-18-24(34-23-15-9-8-14-22(23)29)26(31)28-21-13-7-6-12-20(21)25(30)27-17-16-19-10-4-3-5-11-19/h3-15,24H,2,16-18H2,1H3,(H,27,30)(H,28,31)/t24-/m1/s1. The quantitative estimate of drug-likeness (QED) is 0.501. The number of rotatable bonds is 8. The minimum Gasteiger partial charge on any atom is -0.476 e. The van der Waals surface area contributed by atoms with E-state index in [-0.39, 0.29) is 18.2 Å². The minimum absolute atomic E-state index is 0.109. The predicted octanol–water partition coefficient (Wildman–Crippen LogP) is 3.21. The van der Waals surface area contributed by atoms with Gasteiger partial charge in [0.25, 0.3) is 11.8 Å². The molecule has 2 N–H and O–H groups in total. The fourth-order valence-corrected chi connectivity index (χ4v) is 4.95. The Morgan fingerprint density at radius 1 is 0.971 bits per heavy atom. The van der Waals surface area contributed by atoms with Gasteiger partial charge in [0.1, 0.15) is 5.75 Å². The van der Waals surface area contributed by atoms with Gasteiger partial charge >= 0.3 is 0 Å². The summed E-state index contributed by atoms with van der Waals surface area (Å²) in [6, 6.07) is 23.2. The van der Waals surface area contributed by atoms with Crippen LogP contribution in [0.1, 0.15) is 22.8 Å². The summed E-state index contributed by atoms with van der Waals surface area (Å²) in [6.07, 6.45) is -0.404. The van der Waals surface area contributed by atoms with Crippen LogP contribution in [0.15, 0.2) is 78.9 Å². The molecule has 2 amide bonds. The molecule has 0 saturated carbocycles. The van der Waals surface area contributed by atoms with Crippen molar-refractivity contribution in [3.63, 3.8) is 0 Å². The monoisotopic (exact) mass is 493 g/mol. The lowest BCUT2D eigenvalue weighted by Crippen LogP contribution is -2.49. The number of nitrogens with one attached hydrogen (secondary N) is 2. The van der Waals surface area contributed by atoms with Crippen LogP contribution in [0.25, 0.3) is 0 Å². The maximum atomic E-state index is 13.1. The molecule has 1 heterocycles. The Morgan fingerprint density at radius 3 is 2.43 bits per heavy atom. The van der Waals surface area contributed by atoms with Gasteiger partial charge in [-0.15, -0.1) is 0 Å². The second kappa shape index (κ2) is 10.6. The number of fused-ring (bicyclic) bond motifs is 1. The van der Waals surface area contributed by atoms with Gasteiger partial charge in [0.05, 0.1) is 29.2 Å². The lowest BCUT2D eigenvalue weighted by molar-refractivity contribution is -0.122. The Labute approximate surface area is 205 Å². The van der Waals surface area contributed by atoms with Gasteiger partial charge in [-0.2, -0.15) is 0 Å². The van der Waals surface area contributed by atoms with E-state index in [1.54, 1.807) is 55.5 Å². The first-order valence-corrected chi connectivity index (χ1v) is 13.0. The third-order valence-electron chi connectivity index (χ3n) is 5.70. The summed E-state index contributed by atoms with van der Waals surface area (Å²) in [7, 11) is -3.62. The van der Waals surface area contributed by atoms with Crippen molar-refractivity contribution in [2.45, 2.75) is 19.4 Å². The highest BCUT2D eigenvalue weighted by Crippen LogP contribution is 2.35. The summed E-state index contributed by atoms with van der Waals surface area (Å²) >= 11 is 0. The van der Waals surface area contributed by atoms with E-state index >= 15 is 0 Å². The van der Waals surface area contributed by atoms with E-state index in [0.29, 0.717) is 35.7 Å². The fraction of sp³-hybridized carbons (Fsp3) is 0.231. The van der Waals surface area contributed by atoms with Crippen LogP contribution in [-0.4, -0.2) is 45.2 Å². The molecule has 0 saturated heterocycles. The highest BCUT2D eigenvalue weighted by atomic mass is 32.2. The zero-order valence-corrected chi connectivity index (χ0v) is 20.1. The molecule has 0 fully saturated rings. The molecular weight excluding hydrogens is 466 g/mol. The largest absolute Gasteiger partial charge is 0.476 e. The van der Waals surface area contributed by atoms with Crippen LogP contribution in [0, 0.1) is 0 Å². The topological polar surface area (TPSA) is 105 Å². The van der Waals surface area contributed by atoms with Crippen LogP contribution in [0.4, 0.5) is 11.4 Å². The van der Waals surface area contributed by atoms with E-state index in [2.05, 4.69) is 10.6 Å². The molecule has 0 bridgehead atoms. The molecule has 0 unspecified atom stereocenters. The Kier molecular flexibility index (Phi) is 7.36. The third kappa shape index (κ3) is 5.63. The van der Waals surface area contributed by atoms with Crippen molar-refractivity contribution >= 4 is 33.2 Å². The third-order valence-corrected chi connectivity index (χ3v) is 7.45. The predicted molar refractivity (Wildman–Crippen MR) is 135 cm³/mol. The van der Waals surface area contributed by atoms with E-state index in [1.165, 1.54) is 4.31 Å². The summed E-state index contributed by atoms with van der Waals surface area (Å²) in [4.78, 5) is 25.9. The molecule has 9 heteroatoms. The Hall–Kier alpha value is -3.85. The van der Waals surface area contributed by atoms with E-state index in [4.69, 9.17) is 4.74 Å². The smallest absolute Gasteiger partial charge is 0.267 e. The zero-order chi connectivity index (χ0) is 24.8. The number of hydrogen-bond acceptors (Lipinski definition) is 5. The number of sulfonamides is 1. The van der Waals surface area contributed by atoms with E-state index < -0.39 is 22.0 Å². The molecule has 1 aliphatic heterocycles. The van der Waals surface area contributed by atoms with Crippen molar-refractivity contribution in [1.29, 1.82) is 0 Å². The summed E-state index contributed by atoms with van der Waals surface area (Å²) in [5.74, 6) is -0.660. The van der Waals surface area contributed by atoms with Gasteiger partial charge in [-0.05, 0) is 43.2 Å². The van der Waals surface area contributed by atoms with Crippen LogP contribution < -0.4 is 19.7 Å². The Morgan fingerprint density at radius 2 is 1.66 bits per heavy atom. The number of amides is 2. The van der Waals surface area contributed by atoms with Crippen molar-refractivity contribution in [2.75, 3.05) is 28.5 Å². The maximum absolute atomic E-state index is 13.1. The molecule has 182 valence electrons. The van der Waals surface area contributed by atoms with Gasteiger partial charge in [0, 0.05) is 6.54 Å². The van der Waals surface area contributed by atoms with Crippen LogP contribution >= 0.6 is 0 Å². The molecule has 8 nitrogen and oxygen atoms in total. The van der Waals surface area contributed by atoms with E-state index in [0.717, 1.165) is 5.56 Å². The maximum Gasteiger partial charge on any atom is 0.267 e. The molecule has 3 aromatic rings. The average molecular weight is 494 g/mol. The van der Waals surface area contributed by atoms with Crippen LogP contribution in [0.5, 0.6) is 5.75 Å². The minimum atomic E-state index is -3.62. The number of hydrogen-bond donors (Lipinski definition) is 2. The van der Waals surface area contributed by atoms with E-state index in [9.17, 15) is 18.0 Å². The molecule has 1 atom stereocenters. The molecule has 0 spiro atoms. The Balaban J connectivity index is 1.47. The number of benzene rings is 3. The molecule has 3 aromatic carbocycles. The van der Waals surface area contributed by atoms with Crippen molar-refractivity contribution < 1.29 is 22.7 Å². The van der Waals surface area contributed by atoms with Gasteiger partial charge < -0.3 is 15.4 Å². The Bertz CT molecular complexity index is 1310. The first kappa shape index (κ1) is 24.3. The van der Waals surface area contributed by atoms with E-state index in [1.807, 2.05) is 30.3 Å². The summed E-state index contributed by atoms with van der Waals surface area (Å²) in [5.41, 5.74) is 2.14. The molecule has 35 heavy (non-hydrogen) atoms. The highest BCUT2D eigenvalue weighted by Gasteiger charge is 2.36. The molecule has 0 aliphatic carbocycles. The lowest BCUT2D eigenvalue weighted by atomic mass is 10.1. The summed E-state index contributed by atoms with van der Waals surface area (Å²) < 4.78 is 32.4. The number of para-hydroxylation sites is 3. The second-order valence-electron chi connectivity index (χ2n) is 8.03. The number of nitrogens with zero attached hydrogens (tertiary/aromatic N) is 1. The summed E-state index contributed by atoms with van der Waals surface area (Å²) in [6.45, 7) is 1.83. The number of ether oxygens (including phenoxy) is 1. The normalized spacial score (nSPS) is 15.0. The first-order chi connectivity index (χ1) is 16.9. The molecular formula is C26H27N3O5S. The van der Waals surface area contributed by atoms with Crippen molar-refractivity contribution in [3.05, 3.63) is 90.0 Å². The number of anilines is 2. The van der Waals surface area contributed by atoms with Crippen molar-refractivity contribution in [2.24, 2.45) is 0 Å². The molecule has 0 aromatic heterocycles. The molecule has 1 aliphatic rings. The van der Waals surface area contributed by atoms with Crippen LogP contribution in [0.3, 0.4) is 0 Å². The first-order valence-electron chi connectivity index (χ1n) is 11.4. The van der Waals surface area contributed by atoms with Crippen LogP contribution in [0.2, 0.25) is 0 Å². The highest BCUT2D eigenvalue weighted by molar-refractivity contribution is 7.92. The lowest BCUT2D eigenvalue weighted by Gasteiger charge is -2.34. The van der Waals surface area contributed by atoms with Gasteiger partial charge in [-0.3, -0.25) is 13.9 Å². The fourth-order valence-electron chi connectivity index (χ4n) is 3.82. The second-order valence-corrected chi connectivity index (χ2v) is 10.2. The molecule has 4 rings (SSSR count). The number of carbonyl (C=O) groups is 2. The van der Waals surface area contributed by atoms with Crippen molar-refractivity contribution in [3.8, 4) is 5.75 Å². The van der Waals surface area contributed by atoms with Gasteiger partial charge in [-0.25, -0.2) is 8.42 Å². The zero-order valence-electron chi connectivity index (χ0n) is 19.3. The number of carbonyl (C=O) groups excluding carboxylic acids is 2.